The number of rotatable bonds is 11. The molecule has 34 heavy (non-hydrogen) atoms. The molecular formula is C34H54. The summed E-state index contributed by atoms with van der Waals surface area (Å²) >= 11 is 0. The Morgan fingerprint density at radius 2 is 0.765 bits per heavy atom. The second kappa shape index (κ2) is 12.4. The highest BCUT2D eigenvalue weighted by Gasteiger charge is 2.22. The molecule has 0 nitrogen and oxygen atoms in total. The summed E-state index contributed by atoms with van der Waals surface area (Å²) in [7, 11) is 0. The Morgan fingerprint density at radius 1 is 0.471 bits per heavy atom. The van der Waals surface area contributed by atoms with E-state index in [4.69, 9.17) is 0 Å². The van der Waals surface area contributed by atoms with Crippen molar-refractivity contribution in [3.63, 3.8) is 0 Å². The van der Waals surface area contributed by atoms with Gasteiger partial charge in [0, 0.05) is 0 Å². The summed E-state index contributed by atoms with van der Waals surface area (Å²) in [4.78, 5) is 0. The molecule has 0 heterocycles. The standard InChI is InChI=1S/C34H54/c1-11-15-25(16-12-2)27-19-29(23-31(21-27)33(5,6)7)30-20-28(26(17-13-3)18-14-4)22-32(24-30)34(8,9)10/h19-26H,11-18H2,1-10H3. The molecule has 0 atom stereocenters. The van der Waals surface area contributed by atoms with E-state index in [0.29, 0.717) is 11.8 Å². The minimum atomic E-state index is 0.144. The SMILES string of the molecule is CCCC(CCC)c1cc(-c2cc(C(CCC)CCC)cc(C(C)(C)C)c2)cc(C(C)(C)C)c1. The molecule has 0 amide bonds. The molecule has 0 bridgehead atoms. The quantitative estimate of drug-likeness (QED) is 0.311. The van der Waals surface area contributed by atoms with Gasteiger partial charge in [-0.15, -0.1) is 0 Å². The van der Waals surface area contributed by atoms with Crippen molar-refractivity contribution in [2.24, 2.45) is 0 Å². The minimum absolute atomic E-state index is 0.144. The van der Waals surface area contributed by atoms with Crippen LogP contribution >= 0.6 is 0 Å². The van der Waals surface area contributed by atoms with Gasteiger partial charge in [-0.05, 0) is 81.7 Å². The van der Waals surface area contributed by atoms with E-state index in [-0.39, 0.29) is 10.8 Å². The maximum Gasteiger partial charge on any atom is -0.0132 e. The summed E-state index contributed by atoms with van der Waals surface area (Å²) in [5, 5.41) is 0. The monoisotopic (exact) mass is 462 g/mol. The number of hydrogen-bond donors (Lipinski definition) is 0. The molecule has 0 saturated carbocycles. The molecule has 2 aromatic rings. The van der Waals surface area contributed by atoms with Crippen LogP contribution in [0.15, 0.2) is 36.4 Å². The Bertz CT molecular complexity index is 800. The van der Waals surface area contributed by atoms with Crippen molar-refractivity contribution in [2.45, 2.75) is 143 Å². The van der Waals surface area contributed by atoms with Crippen LogP contribution in [0.3, 0.4) is 0 Å². The smallest absolute Gasteiger partial charge is 0.0132 e. The molecule has 190 valence electrons. The van der Waals surface area contributed by atoms with Crippen LogP contribution in [-0.4, -0.2) is 0 Å². The molecule has 0 fully saturated rings. The topological polar surface area (TPSA) is 0 Å². The van der Waals surface area contributed by atoms with Crippen LogP contribution < -0.4 is 0 Å². The number of hydrogen-bond acceptors (Lipinski definition) is 0. The zero-order valence-corrected chi connectivity index (χ0v) is 24.3. The Kier molecular flexibility index (Phi) is 10.5. The Balaban J connectivity index is 2.76. The third-order valence-corrected chi connectivity index (χ3v) is 7.47. The highest BCUT2D eigenvalue weighted by Crippen LogP contribution is 2.39. The van der Waals surface area contributed by atoms with E-state index >= 15 is 0 Å². The van der Waals surface area contributed by atoms with Crippen molar-refractivity contribution in [1.29, 1.82) is 0 Å². The van der Waals surface area contributed by atoms with E-state index < -0.39 is 0 Å². The molecule has 0 aliphatic rings. The first kappa shape index (κ1) is 28.7. The van der Waals surface area contributed by atoms with Crippen molar-refractivity contribution >= 4 is 0 Å². The van der Waals surface area contributed by atoms with Crippen LogP contribution in [-0.2, 0) is 10.8 Å². The van der Waals surface area contributed by atoms with E-state index in [0.717, 1.165) is 0 Å². The molecule has 0 unspecified atom stereocenters. The van der Waals surface area contributed by atoms with Gasteiger partial charge in [0.1, 0.15) is 0 Å². The highest BCUT2D eigenvalue weighted by atomic mass is 14.3. The Hall–Kier alpha value is -1.56. The lowest BCUT2D eigenvalue weighted by molar-refractivity contribution is 0.552. The van der Waals surface area contributed by atoms with Crippen molar-refractivity contribution in [2.75, 3.05) is 0 Å². The highest BCUT2D eigenvalue weighted by molar-refractivity contribution is 5.68. The summed E-state index contributed by atoms with van der Waals surface area (Å²) in [6.07, 6.45) is 10.1. The molecule has 0 heteroatoms. The van der Waals surface area contributed by atoms with Gasteiger partial charge in [-0.3, -0.25) is 0 Å². The zero-order valence-electron chi connectivity index (χ0n) is 24.3. The molecule has 0 radical (unpaired) electrons. The van der Waals surface area contributed by atoms with E-state index in [1.165, 1.54) is 73.6 Å². The van der Waals surface area contributed by atoms with Gasteiger partial charge in [0.25, 0.3) is 0 Å². The molecule has 2 rings (SSSR count). The van der Waals surface area contributed by atoms with Crippen LogP contribution in [0.5, 0.6) is 0 Å². The predicted octanol–water partition coefficient (Wildman–Crippen LogP) is 11.3. The first-order valence-electron chi connectivity index (χ1n) is 14.3. The first-order valence-corrected chi connectivity index (χ1v) is 14.3. The molecular weight excluding hydrogens is 408 g/mol. The number of benzene rings is 2. The summed E-state index contributed by atoms with van der Waals surface area (Å²) in [5.74, 6) is 1.32. The van der Waals surface area contributed by atoms with Gasteiger partial charge >= 0.3 is 0 Å². The summed E-state index contributed by atoms with van der Waals surface area (Å²) in [6, 6.07) is 15.1. The van der Waals surface area contributed by atoms with Gasteiger partial charge in [-0.2, -0.15) is 0 Å². The van der Waals surface area contributed by atoms with Crippen LogP contribution in [0.25, 0.3) is 11.1 Å². The van der Waals surface area contributed by atoms with Crippen molar-refractivity contribution in [3.8, 4) is 11.1 Å². The minimum Gasteiger partial charge on any atom is -0.0654 e. The predicted molar refractivity (Wildman–Crippen MR) is 154 cm³/mol. The third-order valence-electron chi connectivity index (χ3n) is 7.47. The maximum absolute atomic E-state index is 2.53. The first-order chi connectivity index (χ1) is 15.9. The van der Waals surface area contributed by atoms with E-state index in [1.807, 2.05) is 0 Å². The molecule has 0 aliphatic heterocycles. The Morgan fingerprint density at radius 3 is 1.00 bits per heavy atom. The fourth-order valence-electron chi connectivity index (χ4n) is 5.32. The van der Waals surface area contributed by atoms with Gasteiger partial charge in [-0.1, -0.05) is 131 Å². The summed E-state index contributed by atoms with van der Waals surface area (Å²) in [5.41, 5.74) is 9.16. The molecule has 0 N–H and O–H groups in total. The lowest BCUT2D eigenvalue weighted by atomic mass is 9.78. The average Bonchev–Trinajstić information content (AvgIpc) is 2.77. The lowest BCUT2D eigenvalue weighted by Gasteiger charge is -2.27. The van der Waals surface area contributed by atoms with Crippen molar-refractivity contribution in [1.82, 2.24) is 0 Å². The fraction of sp³-hybridized carbons (Fsp3) is 0.647. The molecule has 0 saturated heterocycles. The van der Waals surface area contributed by atoms with E-state index in [2.05, 4.69) is 106 Å². The lowest BCUT2D eigenvalue weighted by Crippen LogP contribution is -2.14. The molecule has 0 aliphatic carbocycles. The fourth-order valence-corrected chi connectivity index (χ4v) is 5.32. The van der Waals surface area contributed by atoms with Crippen LogP contribution in [0, 0.1) is 0 Å². The largest absolute Gasteiger partial charge is 0.0654 e. The van der Waals surface area contributed by atoms with E-state index in [9.17, 15) is 0 Å². The van der Waals surface area contributed by atoms with Gasteiger partial charge in [0.15, 0.2) is 0 Å². The van der Waals surface area contributed by atoms with Crippen LogP contribution in [0.1, 0.15) is 155 Å². The van der Waals surface area contributed by atoms with E-state index in [1.54, 1.807) is 11.1 Å². The second-order valence-corrected chi connectivity index (χ2v) is 12.7. The van der Waals surface area contributed by atoms with Crippen LogP contribution in [0.4, 0.5) is 0 Å². The van der Waals surface area contributed by atoms with Gasteiger partial charge < -0.3 is 0 Å². The molecule has 0 aromatic heterocycles. The van der Waals surface area contributed by atoms with Gasteiger partial charge in [-0.25, -0.2) is 0 Å². The normalized spacial score (nSPS) is 12.7. The summed E-state index contributed by atoms with van der Waals surface area (Å²) < 4.78 is 0. The average molecular weight is 463 g/mol. The third kappa shape index (κ3) is 7.73. The van der Waals surface area contributed by atoms with Crippen LogP contribution in [0.2, 0.25) is 0 Å². The molecule has 2 aromatic carbocycles. The summed E-state index contributed by atoms with van der Waals surface area (Å²) in [6.45, 7) is 23.5. The van der Waals surface area contributed by atoms with Crippen molar-refractivity contribution < 1.29 is 0 Å². The van der Waals surface area contributed by atoms with Crippen molar-refractivity contribution in [3.05, 3.63) is 58.7 Å². The second-order valence-electron chi connectivity index (χ2n) is 12.7. The maximum atomic E-state index is 2.53. The van der Waals surface area contributed by atoms with Gasteiger partial charge in [0.2, 0.25) is 0 Å². The molecule has 0 spiro atoms. The van der Waals surface area contributed by atoms with Gasteiger partial charge in [0.05, 0.1) is 0 Å². The zero-order chi connectivity index (χ0) is 25.5. The Labute approximate surface area is 213 Å².